The molecule has 0 bridgehead atoms. The maximum Gasteiger partial charge on any atom is 0.254 e. The van der Waals surface area contributed by atoms with Gasteiger partial charge in [0.05, 0.1) is 0 Å². The van der Waals surface area contributed by atoms with E-state index in [1.807, 2.05) is 17.9 Å². The van der Waals surface area contributed by atoms with Crippen molar-refractivity contribution in [1.82, 2.24) is 9.88 Å². The molecule has 0 spiro atoms. The third-order valence-corrected chi connectivity index (χ3v) is 3.50. The van der Waals surface area contributed by atoms with E-state index in [2.05, 4.69) is 11.9 Å². The number of anilines is 1. The zero-order chi connectivity index (χ0) is 13.8. The Bertz CT molecular complexity index is 455. The second-order valence-electron chi connectivity index (χ2n) is 5.31. The number of nitrogen functional groups attached to an aromatic ring is 1. The number of nitrogens with zero attached hydrogens (tertiary/aromatic N) is 2. The van der Waals surface area contributed by atoms with E-state index in [4.69, 9.17) is 5.73 Å². The number of aromatic nitrogens is 1. The Hall–Kier alpha value is -1.58. The lowest BCUT2D eigenvalue weighted by Gasteiger charge is -2.21. The molecule has 1 amide bonds. The number of nitrogens with two attached hydrogens (primary N) is 1. The molecule has 0 aliphatic heterocycles. The number of rotatable bonds is 6. The van der Waals surface area contributed by atoms with Crippen molar-refractivity contribution in [2.24, 2.45) is 5.92 Å². The fourth-order valence-corrected chi connectivity index (χ4v) is 2.27. The number of pyridine rings is 1. The summed E-state index contributed by atoms with van der Waals surface area (Å²) in [5.41, 5.74) is 7.39. The molecule has 1 aliphatic carbocycles. The molecule has 1 aliphatic rings. The van der Waals surface area contributed by atoms with E-state index in [-0.39, 0.29) is 5.91 Å². The third kappa shape index (κ3) is 3.69. The number of hydrogen-bond acceptors (Lipinski definition) is 3. The molecule has 1 heterocycles. The van der Waals surface area contributed by atoms with Crippen molar-refractivity contribution in [3.8, 4) is 0 Å². The lowest BCUT2D eigenvalue weighted by atomic mass is 10.1. The predicted octanol–water partition coefficient (Wildman–Crippen LogP) is 2.49. The minimum absolute atomic E-state index is 0.0841. The summed E-state index contributed by atoms with van der Waals surface area (Å²) in [4.78, 5) is 18.7. The van der Waals surface area contributed by atoms with Gasteiger partial charge in [-0.05, 0) is 44.2 Å². The van der Waals surface area contributed by atoms with Gasteiger partial charge in [-0.3, -0.25) is 4.79 Å². The van der Waals surface area contributed by atoms with Gasteiger partial charge in [-0.15, -0.1) is 0 Å². The third-order valence-electron chi connectivity index (χ3n) is 3.50. The fourth-order valence-electron chi connectivity index (χ4n) is 2.27. The number of aryl methyl sites for hydroxylation is 1. The van der Waals surface area contributed by atoms with Gasteiger partial charge in [0.2, 0.25) is 0 Å². The summed E-state index contributed by atoms with van der Waals surface area (Å²) in [6.07, 6.45) is 4.37. The summed E-state index contributed by atoms with van der Waals surface area (Å²) >= 11 is 0. The van der Waals surface area contributed by atoms with Crippen molar-refractivity contribution in [3.63, 3.8) is 0 Å². The Morgan fingerprint density at radius 3 is 2.74 bits per heavy atom. The molecule has 1 aromatic rings. The predicted molar refractivity (Wildman–Crippen MR) is 76.9 cm³/mol. The minimum atomic E-state index is 0.0841. The summed E-state index contributed by atoms with van der Waals surface area (Å²) in [6.45, 7) is 5.75. The van der Waals surface area contributed by atoms with E-state index in [0.717, 1.165) is 31.6 Å². The molecule has 0 aromatic carbocycles. The monoisotopic (exact) mass is 261 g/mol. The van der Waals surface area contributed by atoms with Crippen molar-refractivity contribution < 1.29 is 4.79 Å². The number of hydrogen-bond donors (Lipinski definition) is 1. The molecule has 1 saturated carbocycles. The smallest absolute Gasteiger partial charge is 0.254 e. The molecule has 4 heteroatoms. The quantitative estimate of drug-likeness (QED) is 0.856. The lowest BCUT2D eigenvalue weighted by Crippen LogP contribution is -2.32. The van der Waals surface area contributed by atoms with E-state index >= 15 is 0 Å². The van der Waals surface area contributed by atoms with Crippen molar-refractivity contribution >= 4 is 11.7 Å². The van der Waals surface area contributed by atoms with Crippen LogP contribution in [0.25, 0.3) is 0 Å². The van der Waals surface area contributed by atoms with E-state index in [1.165, 1.54) is 12.8 Å². The van der Waals surface area contributed by atoms with Gasteiger partial charge in [-0.1, -0.05) is 13.3 Å². The molecule has 2 N–H and O–H groups in total. The summed E-state index contributed by atoms with van der Waals surface area (Å²) in [7, 11) is 0. The second-order valence-corrected chi connectivity index (χ2v) is 5.31. The van der Waals surface area contributed by atoms with Crippen LogP contribution >= 0.6 is 0 Å². The van der Waals surface area contributed by atoms with Crippen LogP contribution < -0.4 is 5.73 Å². The van der Waals surface area contributed by atoms with Crippen LogP contribution in [-0.4, -0.2) is 28.9 Å². The highest BCUT2D eigenvalue weighted by Gasteiger charge is 2.26. The van der Waals surface area contributed by atoms with Gasteiger partial charge >= 0.3 is 0 Å². The first-order valence-electron chi connectivity index (χ1n) is 7.19. The average molecular weight is 261 g/mol. The Labute approximate surface area is 115 Å². The van der Waals surface area contributed by atoms with Crippen LogP contribution in [-0.2, 0) is 6.42 Å². The first-order chi connectivity index (χ1) is 9.13. The Kier molecular flexibility index (Phi) is 4.40. The van der Waals surface area contributed by atoms with Crippen LogP contribution in [0.2, 0.25) is 0 Å². The number of carbonyl (C=O) groups is 1. The molecule has 0 atom stereocenters. The highest BCUT2D eigenvalue weighted by atomic mass is 16.2. The molecule has 0 saturated heterocycles. The van der Waals surface area contributed by atoms with Crippen molar-refractivity contribution in [2.45, 2.75) is 39.5 Å². The normalized spacial score (nSPS) is 14.4. The molecular weight excluding hydrogens is 238 g/mol. The molecule has 104 valence electrons. The first kappa shape index (κ1) is 13.8. The summed E-state index contributed by atoms with van der Waals surface area (Å²) < 4.78 is 0. The molecule has 1 aromatic heterocycles. The Balaban J connectivity index is 2.15. The van der Waals surface area contributed by atoms with E-state index in [1.54, 1.807) is 6.07 Å². The molecule has 19 heavy (non-hydrogen) atoms. The van der Waals surface area contributed by atoms with Crippen molar-refractivity contribution in [1.29, 1.82) is 0 Å². The first-order valence-corrected chi connectivity index (χ1v) is 7.19. The number of amides is 1. The summed E-state index contributed by atoms with van der Waals surface area (Å²) in [5.74, 6) is 1.23. The largest absolute Gasteiger partial charge is 0.384 e. The average Bonchev–Trinajstić information content (AvgIpc) is 3.19. The van der Waals surface area contributed by atoms with Gasteiger partial charge in [-0.2, -0.15) is 0 Å². The molecular formula is C15H23N3O. The topological polar surface area (TPSA) is 59.2 Å². The van der Waals surface area contributed by atoms with Crippen LogP contribution in [0.5, 0.6) is 0 Å². The van der Waals surface area contributed by atoms with E-state index < -0.39 is 0 Å². The molecule has 1 fully saturated rings. The molecule has 0 radical (unpaired) electrons. The van der Waals surface area contributed by atoms with Gasteiger partial charge in [0.1, 0.15) is 5.82 Å². The van der Waals surface area contributed by atoms with Crippen LogP contribution in [0.3, 0.4) is 0 Å². The maximum atomic E-state index is 12.5. The summed E-state index contributed by atoms with van der Waals surface area (Å²) in [5, 5.41) is 0. The van der Waals surface area contributed by atoms with Crippen LogP contribution in [0.4, 0.5) is 5.82 Å². The lowest BCUT2D eigenvalue weighted by molar-refractivity contribution is 0.0756. The minimum Gasteiger partial charge on any atom is -0.384 e. The Morgan fingerprint density at radius 1 is 1.42 bits per heavy atom. The zero-order valence-corrected chi connectivity index (χ0v) is 11.9. The number of carbonyl (C=O) groups excluding carboxylic acids is 1. The standard InChI is InChI=1S/C15H23N3O/c1-3-5-13-8-12(9-14(16)17-13)15(19)18(4-2)10-11-6-7-11/h8-9,11H,3-7,10H2,1-2H3,(H2,16,17). The van der Waals surface area contributed by atoms with Crippen molar-refractivity contribution in [2.75, 3.05) is 18.8 Å². The highest BCUT2D eigenvalue weighted by molar-refractivity contribution is 5.95. The summed E-state index contributed by atoms with van der Waals surface area (Å²) in [6, 6.07) is 3.58. The molecule has 0 unspecified atom stereocenters. The van der Waals surface area contributed by atoms with Gasteiger partial charge in [-0.25, -0.2) is 4.98 Å². The zero-order valence-electron chi connectivity index (χ0n) is 11.9. The van der Waals surface area contributed by atoms with Crippen LogP contribution in [0, 0.1) is 5.92 Å². The van der Waals surface area contributed by atoms with Gasteiger partial charge in [0.25, 0.3) is 5.91 Å². The molecule has 4 nitrogen and oxygen atoms in total. The van der Waals surface area contributed by atoms with Crippen LogP contribution in [0.1, 0.15) is 49.2 Å². The second kappa shape index (κ2) is 6.04. The maximum absolute atomic E-state index is 12.5. The van der Waals surface area contributed by atoms with E-state index in [0.29, 0.717) is 17.3 Å². The SMILES string of the molecule is CCCc1cc(C(=O)N(CC)CC2CC2)cc(N)n1. The van der Waals surface area contributed by atoms with Gasteiger partial charge in [0.15, 0.2) is 0 Å². The molecule has 2 rings (SSSR count). The highest BCUT2D eigenvalue weighted by Crippen LogP contribution is 2.30. The van der Waals surface area contributed by atoms with Gasteiger partial charge in [0, 0.05) is 24.3 Å². The van der Waals surface area contributed by atoms with E-state index in [9.17, 15) is 4.79 Å². The Morgan fingerprint density at radius 2 is 2.16 bits per heavy atom. The fraction of sp³-hybridized carbons (Fsp3) is 0.600. The van der Waals surface area contributed by atoms with Crippen LogP contribution in [0.15, 0.2) is 12.1 Å². The van der Waals surface area contributed by atoms with Gasteiger partial charge < -0.3 is 10.6 Å². The van der Waals surface area contributed by atoms with Crippen molar-refractivity contribution in [3.05, 3.63) is 23.4 Å².